The van der Waals surface area contributed by atoms with Gasteiger partial charge in [-0.3, -0.25) is 0 Å². The summed E-state index contributed by atoms with van der Waals surface area (Å²) < 4.78 is 30.6. The molecular formula is C22H17BrN2O4S. The molecule has 0 saturated carbocycles. The van der Waals surface area contributed by atoms with Gasteiger partial charge in [0.25, 0.3) is 10.0 Å². The first kappa shape index (κ1) is 21.5. The summed E-state index contributed by atoms with van der Waals surface area (Å²) >= 11 is 3.34. The van der Waals surface area contributed by atoms with Crippen LogP contribution in [0.1, 0.15) is 11.1 Å². The van der Waals surface area contributed by atoms with Crippen LogP contribution in [0.5, 0.6) is 5.75 Å². The van der Waals surface area contributed by atoms with Crippen molar-refractivity contribution < 1.29 is 17.9 Å². The fraction of sp³-hybridized carbons (Fsp3) is 0. The van der Waals surface area contributed by atoms with E-state index in [1.807, 2.05) is 30.3 Å². The standard InChI is InChI=1S/C22H17BrN2O4S/c23-19-12-13-21(29-22(26)14-11-17-7-3-1-4-8-17)18(15-19)16-24-25-30(27,28)20-9-5-2-6-10-20/h1-16,25H. The highest BCUT2D eigenvalue weighted by Crippen LogP contribution is 2.22. The predicted octanol–water partition coefficient (Wildman–Crippen LogP) is 4.38. The zero-order valence-electron chi connectivity index (χ0n) is 15.6. The van der Waals surface area contributed by atoms with Crippen LogP contribution in [0.3, 0.4) is 0 Å². The molecule has 0 aliphatic carbocycles. The molecule has 0 saturated heterocycles. The molecule has 0 heterocycles. The molecule has 0 unspecified atom stereocenters. The molecule has 6 nitrogen and oxygen atoms in total. The number of hydrogen-bond donors (Lipinski definition) is 1. The van der Waals surface area contributed by atoms with Gasteiger partial charge in [0, 0.05) is 16.1 Å². The van der Waals surface area contributed by atoms with Gasteiger partial charge >= 0.3 is 5.97 Å². The number of hydrazone groups is 1. The molecule has 0 atom stereocenters. The van der Waals surface area contributed by atoms with Gasteiger partial charge in [-0.1, -0.05) is 64.5 Å². The number of rotatable bonds is 7. The third-order valence-corrected chi connectivity index (χ3v) is 5.56. The van der Waals surface area contributed by atoms with E-state index in [2.05, 4.69) is 25.9 Å². The van der Waals surface area contributed by atoms with Gasteiger partial charge < -0.3 is 4.74 Å². The van der Waals surface area contributed by atoms with Gasteiger partial charge in [0.05, 0.1) is 11.1 Å². The summed E-state index contributed by atoms with van der Waals surface area (Å²) in [6, 6.07) is 22.2. The van der Waals surface area contributed by atoms with E-state index in [0.717, 1.165) is 10.0 Å². The highest BCUT2D eigenvalue weighted by Gasteiger charge is 2.12. The number of nitrogens with one attached hydrogen (secondary N) is 1. The SMILES string of the molecule is O=C(C=Cc1ccccc1)Oc1ccc(Br)cc1C=NNS(=O)(=O)c1ccccc1. The van der Waals surface area contributed by atoms with E-state index in [1.165, 1.54) is 24.4 Å². The van der Waals surface area contributed by atoms with Gasteiger partial charge in [-0.2, -0.15) is 13.5 Å². The monoisotopic (exact) mass is 484 g/mol. The Kier molecular flexibility index (Phi) is 7.16. The number of nitrogens with zero attached hydrogens (tertiary/aromatic N) is 1. The molecule has 0 spiro atoms. The Morgan fingerprint density at radius 1 is 0.967 bits per heavy atom. The van der Waals surface area contributed by atoms with Crippen molar-refractivity contribution in [3.8, 4) is 5.75 Å². The second-order valence-corrected chi connectivity index (χ2v) is 8.59. The number of carbonyl (C=O) groups is 1. The average molecular weight is 485 g/mol. The maximum absolute atomic E-state index is 12.2. The fourth-order valence-electron chi connectivity index (χ4n) is 2.40. The third kappa shape index (κ3) is 6.13. The summed E-state index contributed by atoms with van der Waals surface area (Å²) in [4.78, 5) is 14.4. The first-order valence-corrected chi connectivity index (χ1v) is 11.1. The molecule has 0 aliphatic rings. The van der Waals surface area contributed by atoms with Crippen LogP contribution < -0.4 is 9.57 Å². The Hall–Kier alpha value is -3.23. The second-order valence-electron chi connectivity index (χ2n) is 6.01. The largest absolute Gasteiger partial charge is 0.423 e. The van der Waals surface area contributed by atoms with Crippen molar-refractivity contribution in [3.63, 3.8) is 0 Å². The smallest absolute Gasteiger partial charge is 0.336 e. The zero-order valence-corrected chi connectivity index (χ0v) is 18.0. The lowest BCUT2D eigenvalue weighted by Crippen LogP contribution is -2.18. The number of sulfonamides is 1. The molecule has 3 aromatic carbocycles. The molecular weight excluding hydrogens is 468 g/mol. The average Bonchev–Trinajstić information content (AvgIpc) is 2.75. The van der Waals surface area contributed by atoms with Crippen LogP contribution >= 0.6 is 15.9 Å². The van der Waals surface area contributed by atoms with Gasteiger partial charge in [0.1, 0.15) is 5.75 Å². The Bertz CT molecular complexity index is 1180. The molecule has 0 aromatic heterocycles. The zero-order chi connectivity index (χ0) is 21.4. The number of benzene rings is 3. The van der Waals surface area contributed by atoms with Gasteiger partial charge in [-0.25, -0.2) is 9.63 Å². The number of hydrogen-bond acceptors (Lipinski definition) is 5. The molecule has 0 fully saturated rings. The quantitative estimate of drug-likeness (QED) is 0.177. The van der Waals surface area contributed by atoms with Crippen molar-refractivity contribution in [1.29, 1.82) is 0 Å². The highest BCUT2D eigenvalue weighted by atomic mass is 79.9. The van der Waals surface area contributed by atoms with Crippen LogP contribution in [0.15, 0.2) is 99.4 Å². The molecule has 0 amide bonds. The van der Waals surface area contributed by atoms with Crippen LogP contribution in [0, 0.1) is 0 Å². The second kappa shape index (κ2) is 10.00. The van der Waals surface area contributed by atoms with Crippen molar-refractivity contribution >= 4 is 44.2 Å². The normalized spacial score (nSPS) is 11.6. The minimum atomic E-state index is -3.79. The first-order chi connectivity index (χ1) is 14.4. The fourth-order valence-corrected chi connectivity index (χ4v) is 3.59. The summed E-state index contributed by atoms with van der Waals surface area (Å²) in [6.45, 7) is 0. The Morgan fingerprint density at radius 2 is 1.63 bits per heavy atom. The first-order valence-electron chi connectivity index (χ1n) is 8.78. The summed E-state index contributed by atoms with van der Waals surface area (Å²) in [5.74, 6) is -0.329. The lowest BCUT2D eigenvalue weighted by atomic mass is 10.2. The lowest BCUT2D eigenvalue weighted by molar-refractivity contribution is -0.128. The van der Waals surface area contributed by atoms with Crippen molar-refractivity contribution in [2.75, 3.05) is 0 Å². The van der Waals surface area contributed by atoms with Crippen LogP contribution in [0.25, 0.3) is 6.08 Å². The van der Waals surface area contributed by atoms with Gasteiger partial charge in [0.15, 0.2) is 0 Å². The van der Waals surface area contributed by atoms with Crippen molar-refractivity contribution in [2.45, 2.75) is 4.90 Å². The number of halogens is 1. The summed E-state index contributed by atoms with van der Waals surface area (Å²) in [5, 5.41) is 3.80. The van der Waals surface area contributed by atoms with E-state index in [-0.39, 0.29) is 10.6 Å². The minimum absolute atomic E-state index is 0.0918. The number of ether oxygens (including phenoxy) is 1. The van der Waals surface area contributed by atoms with Crippen LogP contribution in [0.2, 0.25) is 0 Å². The topological polar surface area (TPSA) is 84.8 Å². The Labute approximate surface area is 183 Å². The van der Waals surface area contributed by atoms with Crippen molar-refractivity contribution in [1.82, 2.24) is 4.83 Å². The lowest BCUT2D eigenvalue weighted by Gasteiger charge is -2.07. The molecule has 0 aliphatic heterocycles. The van der Waals surface area contributed by atoms with E-state index >= 15 is 0 Å². The maximum atomic E-state index is 12.2. The third-order valence-electron chi connectivity index (χ3n) is 3.82. The summed E-state index contributed by atoms with van der Waals surface area (Å²) in [5.41, 5.74) is 1.28. The van der Waals surface area contributed by atoms with E-state index in [4.69, 9.17) is 4.74 Å². The van der Waals surface area contributed by atoms with E-state index < -0.39 is 16.0 Å². The predicted molar refractivity (Wildman–Crippen MR) is 120 cm³/mol. The van der Waals surface area contributed by atoms with Gasteiger partial charge in [-0.15, -0.1) is 0 Å². The Morgan fingerprint density at radius 3 is 2.33 bits per heavy atom. The van der Waals surface area contributed by atoms with Crippen LogP contribution in [-0.4, -0.2) is 20.6 Å². The highest BCUT2D eigenvalue weighted by molar-refractivity contribution is 9.10. The number of esters is 1. The molecule has 0 bridgehead atoms. The van der Waals surface area contributed by atoms with Crippen LogP contribution in [-0.2, 0) is 14.8 Å². The summed E-state index contributed by atoms with van der Waals surface area (Å²) in [7, 11) is -3.79. The van der Waals surface area contributed by atoms with Crippen LogP contribution in [0.4, 0.5) is 0 Å². The molecule has 0 radical (unpaired) electrons. The molecule has 3 rings (SSSR count). The van der Waals surface area contributed by atoms with E-state index in [1.54, 1.807) is 42.5 Å². The molecule has 8 heteroatoms. The van der Waals surface area contributed by atoms with E-state index in [0.29, 0.717) is 5.56 Å². The minimum Gasteiger partial charge on any atom is -0.423 e. The Balaban J connectivity index is 1.73. The van der Waals surface area contributed by atoms with Crippen molar-refractivity contribution in [3.05, 3.63) is 101 Å². The molecule has 3 aromatic rings. The van der Waals surface area contributed by atoms with Crippen molar-refractivity contribution in [2.24, 2.45) is 5.10 Å². The molecule has 30 heavy (non-hydrogen) atoms. The van der Waals surface area contributed by atoms with E-state index in [9.17, 15) is 13.2 Å². The van der Waals surface area contributed by atoms with Gasteiger partial charge in [-0.05, 0) is 42.0 Å². The number of carbonyl (C=O) groups excluding carboxylic acids is 1. The maximum Gasteiger partial charge on any atom is 0.336 e. The van der Waals surface area contributed by atoms with Gasteiger partial charge in [0.2, 0.25) is 0 Å². The molecule has 1 N–H and O–H groups in total. The molecule has 152 valence electrons. The summed E-state index contributed by atoms with van der Waals surface area (Å²) in [6.07, 6.45) is 4.23.